The molecular formula is C19H18BrNO2. The van der Waals surface area contributed by atoms with Gasteiger partial charge in [0.2, 0.25) is 5.91 Å². The minimum absolute atomic E-state index is 0.0105. The van der Waals surface area contributed by atoms with Gasteiger partial charge in [-0.3, -0.25) is 4.79 Å². The lowest BCUT2D eigenvalue weighted by Crippen LogP contribution is -2.28. The van der Waals surface area contributed by atoms with Crippen molar-refractivity contribution in [1.29, 1.82) is 0 Å². The molecule has 1 aromatic heterocycles. The second kappa shape index (κ2) is 6.59. The Morgan fingerprint density at radius 1 is 1.22 bits per heavy atom. The van der Waals surface area contributed by atoms with Gasteiger partial charge in [-0.2, -0.15) is 0 Å². The number of nitrogens with one attached hydrogen (secondary N) is 1. The number of furan rings is 1. The highest BCUT2D eigenvalue weighted by Gasteiger charge is 2.13. The first-order valence-electron chi connectivity index (χ1n) is 7.54. The molecule has 0 saturated carbocycles. The molecule has 3 rings (SSSR count). The van der Waals surface area contributed by atoms with Gasteiger partial charge in [0.1, 0.15) is 5.58 Å². The topological polar surface area (TPSA) is 42.2 Å². The van der Waals surface area contributed by atoms with E-state index in [-0.39, 0.29) is 11.9 Å². The summed E-state index contributed by atoms with van der Waals surface area (Å²) in [6.45, 7) is 4.01. The molecule has 1 atom stereocenters. The quantitative estimate of drug-likeness (QED) is 0.706. The van der Waals surface area contributed by atoms with Crippen molar-refractivity contribution >= 4 is 32.8 Å². The summed E-state index contributed by atoms with van der Waals surface area (Å²) >= 11 is 3.42. The van der Waals surface area contributed by atoms with Crippen molar-refractivity contribution in [3.63, 3.8) is 0 Å². The van der Waals surface area contributed by atoms with E-state index in [9.17, 15) is 4.79 Å². The maximum Gasteiger partial charge on any atom is 0.225 e. The van der Waals surface area contributed by atoms with Gasteiger partial charge in [0.15, 0.2) is 0 Å². The third-order valence-corrected chi connectivity index (χ3v) is 4.44. The zero-order chi connectivity index (χ0) is 16.4. The van der Waals surface area contributed by atoms with Crippen molar-refractivity contribution in [1.82, 2.24) is 5.32 Å². The molecule has 4 heteroatoms. The molecule has 1 amide bonds. The molecule has 1 heterocycles. The molecule has 0 saturated heterocycles. The standard InChI is InChI=1S/C19H18BrNO2/c1-12-3-8-17-15(11-23-18(17)9-12)10-19(22)21-13(2)14-4-6-16(20)7-5-14/h3-9,11,13H,10H2,1-2H3,(H,21,22). The maximum atomic E-state index is 12.3. The van der Waals surface area contributed by atoms with Crippen LogP contribution in [0.1, 0.15) is 29.7 Å². The second-order valence-corrected chi connectivity index (χ2v) is 6.69. The van der Waals surface area contributed by atoms with Gasteiger partial charge in [-0.25, -0.2) is 0 Å². The molecule has 0 fully saturated rings. The van der Waals surface area contributed by atoms with Gasteiger partial charge in [-0.15, -0.1) is 0 Å². The molecule has 1 N–H and O–H groups in total. The molecule has 0 spiro atoms. The molecule has 0 radical (unpaired) electrons. The number of hydrogen-bond acceptors (Lipinski definition) is 2. The summed E-state index contributed by atoms with van der Waals surface area (Å²) in [5.41, 5.74) is 3.97. The highest BCUT2D eigenvalue weighted by molar-refractivity contribution is 9.10. The fraction of sp³-hybridized carbons (Fsp3) is 0.211. The smallest absolute Gasteiger partial charge is 0.225 e. The lowest BCUT2D eigenvalue weighted by atomic mass is 10.1. The molecule has 118 valence electrons. The monoisotopic (exact) mass is 371 g/mol. The average molecular weight is 372 g/mol. The summed E-state index contributed by atoms with van der Waals surface area (Å²) < 4.78 is 6.58. The first-order chi connectivity index (χ1) is 11.0. The van der Waals surface area contributed by atoms with Crippen LogP contribution >= 0.6 is 15.9 Å². The number of benzene rings is 2. The Bertz CT molecular complexity index is 836. The first kappa shape index (κ1) is 15.8. The van der Waals surface area contributed by atoms with Crippen LogP contribution in [0.3, 0.4) is 0 Å². The van der Waals surface area contributed by atoms with Crippen LogP contribution in [0.4, 0.5) is 0 Å². The normalized spacial score (nSPS) is 12.3. The van der Waals surface area contributed by atoms with Crippen LogP contribution < -0.4 is 5.32 Å². The molecular weight excluding hydrogens is 354 g/mol. The lowest BCUT2D eigenvalue weighted by molar-refractivity contribution is -0.121. The second-order valence-electron chi connectivity index (χ2n) is 5.78. The summed E-state index contributed by atoms with van der Waals surface area (Å²) in [4.78, 5) is 12.3. The zero-order valence-electron chi connectivity index (χ0n) is 13.1. The molecule has 0 aliphatic carbocycles. The van der Waals surface area contributed by atoms with E-state index < -0.39 is 0 Å². The van der Waals surface area contributed by atoms with Gasteiger partial charge >= 0.3 is 0 Å². The highest BCUT2D eigenvalue weighted by atomic mass is 79.9. The Hall–Kier alpha value is -2.07. The number of halogens is 1. The summed E-state index contributed by atoms with van der Waals surface area (Å²) in [5.74, 6) is -0.0105. The van der Waals surface area contributed by atoms with Crippen molar-refractivity contribution in [2.24, 2.45) is 0 Å². The van der Waals surface area contributed by atoms with E-state index in [1.807, 2.05) is 56.3 Å². The fourth-order valence-electron chi connectivity index (χ4n) is 2.63. The Kier molecular flexibility index (Phi) is 4.53. The van der Waals surface area contributed by atoms with Gasteiger partial charge in [0, 0.05) is 15.4 Å². The predicted molar refractivity (Wildman–Crippen MR) is 95.4 cm³/mol. The van der Waals surface area contributed by atoms with E-state index in [0.717, 1.165) is 32.1 Å². The fourth-order valence-corrected chi connectivity index (χ4v) is 2.89. The molecule has 0 bridgehead atoms. The van der Waals surface area contributed by atoms with E-state index in [1.54, 1.807) is 6.26 Å². The minimum Gasteiger partial charge on any atom is -0.464 e. The third kappa shape index (κ3) is 3.64. The Morgan fingerprint density at radius 3 is 2.70 bits per heavy atom. The molecule has 0 aliphatic rings. The van der Waals surface area contributed by atoms with Crippen molar-refractivity contribution in [2.75, 3.05) is 0 Å². The predicted octanol–water partition coefficient (Wildman–Crippen LogP) is 4.92. The summed E-state index contributed by atoms with van der Waals surface area (Å²) in [6, 6.07) is 14.0. The van der Waals surface area contributed by atoms with Crippen LogP contribution in [0.15, 0.2) is 57.6 Å². The zero-order valence-corrected chi connectivity index (χ0v) is 14.7. The van der Waals surface area contributed by atoms with Crippen LogP contribution in [0, 0.1) is 6.92 Å². The van der Waals surface area contributed by atoms with Crippen LogP contribution in [-0.4, -0.2) is 5.91 Å². The summed E-state index contributed by atoms with van der Waals surface area (Å²) in [7, 11) is 0. The molecule has 3 nitrogen and oxygen atoms in total. The molecule has 0 aliphatic heterocycles. The van der Waals surface area contributed by atoms with Crippen molar-refractivity contribution < 1.29 is 9.21 Å². The van der Waals surface area contributed by atoms with Crippen LogP contribution in [0.2, 0.25) is 0 Å². The van der Waals surface area contributed by atoms with Gasteiger partial charge < -0.3 is 9.73 Å². The van der Waals surface area contributed by atoms with Gasteiger partial charge in [-0.1, -0.05) is 40.2 Å². The number of aryl methyl sites for hydroxylation is 1. The number of carbonyl (C=O) groups excluding carboxylic acids is 1. The largest absolute Gasteiger partial charge is 0.464 e. The van der Waals surface area contributed by atoms with Crippen molar-refractivity contribution in [3.8, 4) is 0 Å². The summed E-state index contributed by atoms with van der Waals surface area (Å²) in [6.07, 6.45) is 1.99. The summed E-state index contributed by atoms with van der Waals surface area (Å²) in [5, 5.41) is 4.04. The van der Waals surface area contributed by atoms with Gasteiger partial charge in [0.05, 0.1) is 18.7 Å². The third-order valence-electron chi connectivity index (χ3n) is 3.91. The van der Waals surface area contributed by atoms with E-state index in [4.69, 9.17) is 4.42 Å². The van der Waals surface area contributed by atoms with E-state index in [2.05, 4.69) is 21.2 Å². The van der Waals surface area contributed by atoms with Crippen LogP contribution in [-0.2, 0) is 11.2 Å². The number of rotatable bonds is 4. The van der Waals surface area contributed by atoms with Crippen LogP contribution in [0.25, 0.3) is 11.0 Å². The average Bonchev–Trinajstić information content (AvgIpc) is 2.89. The Morgan fingerprint density at radius 2 is 1.96 bits per heavy atom. The highest BCUT2D eigenvalue weighted by Crippen LogP contribution is 2.23. The Balaban J connectivity index is 1.69. The van der Waals surface area contributed by atoms with Gasteiger partial charge in [0.25, 0.3) is 0 Å². The number of fused-ring (bicyclic) bond motifs is 1. The van der Waals surface area contributed by atoms with Crippen LogP contribution in [0.5, 0.6) is 0 Å². The number of carbonyl (C=O) groups is 1. The molecule has 2 aromatic carbocycles. The Labute approximate surface area is 143 Å². The first-order valence-corrected chi connectivity index (χ1v) is 8.34. The van der Waals surface area contributed by atoms with E-state index in [0.29, 0.717) is 6.42 Å². The van der Waals surface area contributed by atoms with E-state index >= 15 is 0 Å². The van der Waals surface area contributed by atoms with E-state index in [1.165, 1.54) is 0 Å². The minimum atomic E-state index is -0.0315. The molecule has 23 heavy (non-hydrogen) atoms. The lowest BCUT2D eigenvalue weighted by Gasteiger charge is -2.14. The SMILES string of the molecule is Cc1ccc2c(CC(=O)NC(C)c3ccc(Br)cc3)coc2c1. The molecule has 3 aromatic rings. The van der Waals surface area contributed by atoms with Crippen molar-refractivity contribution in [2.45, 2.75) is 26.3 Å². The number of hydrogen-bond donors (Lipinski definition) is 1. The number of amides is 1. The van der Waals surface area contributed by atoms with Crippen molar-refractivity contribution in [3.05, 3.63) is 69.9 Å². The van der Waals surface area contributed by atoms with Gasteiger partial charge in [-0.05, 0) is 43.2 Å². The molecule has 1 unspecified atom stereocenters. The maximum absolute atomic E-state index is 12.3.